The third-order valence-corrected chi connectivity index (χ3v) is 13.0. The second kappa shape index (κ2) is 14.6. The lowest BCUT2D eigenvalue weighted by Gasteiger charge is -2.62. The predicted octanol–water partition coefficient (Wildman–Crippen LogP) is 4.50. The highest BCUT2D eigenvalue weighted by atomic mass is 31.2. The van der Waals surface area contributed by atoms with E-state index in [9.17, 15) is 28.8 Å². The molecule has 4 rings (SSSR count). The van der Waals surface area contributed by atoms with Crippen molar-refractivity contribution in [1.82, 2.24) is 0 Å². The van der Waals surface area contributed by atoms with Gasteiger partial charge in [-0.25, -0.2) is 4.79 Å². The molecule has 0 aliphatic heterocycles. The van der Waals surface area contributed by atoms with E-state index in [1.807, 2.05) is 0 Å². The lowest BCUT2D eigenvalue weighted by atomic mass is 9.43. The average molecular weight is 675 g/mol. The quantitative estimate of drug-likeness (QED) is 0.0700. The van der Waals surface area contributed by atoms with Crippen molar-refractivity contribution in [3.8, 4) is 0 Å². The van der Waals surface area contributed by atoms with Gasteiger partial charge in [0.15, 0.2) is 19.5 Å². The molecule has 4 fully saturated rings. The van der Waals surface area contributed by atoms with E-state index in [-0.39, 0.29) is 34.6 Å². The third-order valence-electron chi connectivity index (χ3n) is 12.2. The van der Waals surface area contributed by atoms with Crippen LogP contribution in [0.4, 0.5) is 4.79 Å². The lowest BCUT2D eigenvalue weighted by molar-refractivity contribution is -0.179. The van der Waals surface area contributed by atoms with Crippen LogP contribution in [0.3, 0.4) is 0 Å². The fourth-order valence-electron chi connectivity index (χ4n) is 9.88. The zero-order chi connectivity index (χ0) is 34.0. The van der Waals surface area contributed by atoms with E-state index in [2.05, 4.69) is 25.5 Å². The van der Waals surface area contributed by atoms with Gasteiger partial charge in [-0.05, 0) is 111 Å². The molecule has 0 amide bonds. The van der Waals surface area contributed by atoms with Gasteiger partial charge in [-0.2, -0.15) is 0 Å². The number of hydrogen-bond donors (Lipinski definition) is 4. The summed E-state index contributed by atoms with van der Waals surface area (Å²) >= 11 is 0. The molecule has 4 N–H and O–H groups in total. The van der Waals surface area contributed by atoms with Gasteiger partial charge in [0.25, 0.3) is 0 Å². The summed E-state index contributed by atoms with van der Waals surface area (Å²) in [5, 5.41) is 20.6. The Balaban J connectivity index is 1.25. The van der Waals surface area contributed by atoms with Crippen LogP contribution in [0.1, 0.15) is 91.9 Å². The highest BCUT2D eigenvalue weighted by molar-refractivity contribution is 7.51. The van der Waals surface area contributed by atoms with Crippen LogP contribution in [0.15, 0.2) is 0 Å². The van der Waals surface area contributed by atoms with E-state index in [0.29, 0.717) is 49.4 Å². The molecule has 13 nitrogen and oxygen atoms in total. The van der Waals surface area contributed by atoms with Crippen LogP contribution in [0, 0.1) is 52.3 Å². The number of ketones is 1. The second-order valence-corrected chi connectivity index (χ2v) is 16.5. The third kappa shape index (κ3) is 8.14. The van der Waals surface area contributed by atoms with Gasteiger partial charge >= 0.3 is 25.7 Å². The van der Waals surface area contributed by atoms with Gasteiger partial charge in [0.2, 0.25) is 0 Å². The fraction of sp³-hybridized carbons (Fsp3) is 0.875. The summed E-state index contributed by atoms with van der Waals surface area (Å²) in [5.74, 6) is -2.61. The molecule has 14 heteroatoms. The van der Waals surface area contributed by atoms with E-state index in [1.54, 1.807) is 6.92 Å². The molecule has 0 aromatic heterocycles. The van der Waals surface area contributed by atoms with E-state index >= 15 is 0 Å². The first kappa shape index (κ1) is 36.8. The van der Waals surface area contributed by atoms with Crippen LogP contribution < -0.4 is 0 Å². The Morgan fingerprint density at radius 3 is 2.24 bits per heavy atom. The molecule has 0 aromatic rings. The van der Waals surface area contributed by atoms with Gasteiger partial charge in [-0.15, -0.1) is 0 Å². The molecule has 262 valence electrons. The zero-order valence-corrected chi connectivity index (χ0v) is 28.2. The van der Waals surface area contributed by atoms with Crippen molar-refractivity contribution >= 4 is 31.5 Å². The van der Waals surface area contributed by atoms with Crippen LogP contribution in [0.25, 0.3) is 0 Å². The second-order valence-electron chi connectivity index (χ2n) is 14.8. The molecule has 46 heavy (non-hydrogen) atoms. The minimum atomic E-state index is -4.78. The predicted molar refractivity (Wildman–Crippen MR) is 162 cm³/mol. The number of Topliss-reactive ketones (excluding diaryl/α,β-unsaturated/α-hetero) is 1. The Morgan fingerprint density at radius 1 is 0.935 bits per heavy atom. The summed E-state index contributed by atoms with van der Waals surface area (Å²) in [6.07, 6.45) is 5.87. The van der Waals surface area contributed by atoms with Gasteiger partial charge in [-0.3, -0.25) is 14.2 Å². The van der Waals surface area contributed by atoms with Gasteiger partial charge in [-0.1, -0.05) is 20.8 Å². The van der Waals surface area contributed by atoms with Crippen molar-refractivity contribution in [2.24, 2.45) is 52.3 Å². The number of fused-ring (bicyclic) bond motifs is 5. The zero-order valence-electron chi connectivity index (χ0n) is 27.3. The Bertz CT molecular complexity index is 1190. The number of carbonyl (C=O) groups excluding carboxylic acids is 3. The molecule has 0 saturated heterocycles. The molecule has 4 aliphatic rings. The van der Waals surface area contributed by atoms with E-state index in [4.69, 9.17) is 29.1 Å². The maximum Gasteiger partial charge on any atom is 0.510 e. The first-order valence-corrected chi connectivity index (χ1v) is 18.3. The minimum absolute atomic E-state index is 0.0356. The van der Waals surface area contributed by atoms with Crippen molar-refractivity contribution in [1.29, 1.82) is 0 Å². The Kier molecular flexibility index (Phi) is 11.7. The van der Waals surface area contributed by atoms with Crippen molar-refractivity contribution < 1.29 is 62.7 Å². The standard InChI is InChI=1S/C32H51O13P/c1-18(5-6-19(2)33)23-7-8-24-27-25(10-12-32(23,24)4)31(3)11-9-21(13-20(31)14-26(27)34)45-30(38)44-17-42-16-43-29(37)22(28(35)36)15-46(39,40)41/h18,20-27,34H,5-17H2,1-4H3,(H,35,36)(H2,39,40,41)/t18-,20+,21-,22?,23?,24?,25?,26+,27?,31+,32-/m1/s1. The number of aliphatic carboxylic acids is 1. The topological polar surface area (TPSA) is 203 Å². The van der Waals surface area contributed by atoms with Crippen LogP contribution in [-0.2, 0) is 37.9 Å². The molecule has 0 spiro atoms. The Labute approximate surface area is 270 Å². The minimum Gasteiger partial charge on any atom is -0.481 e. The first-order valence-electron chi connectivity index (χ1n) is 16.5. The number of aliphatic hydroxyl groups is 1. The lowest BCUT2D eigenvalue weighted by Crippen LogP contribution is -2.58. The average Bonchev–Trinajstić information content (AvgIpc) is 3.31. The highest BCUT2D eigenvalue weighted by Gasteiger charge is 2.63. The summed E-state index contributed by atoms with van der Waals surface area (Å²) in [6, 6.07) is 0. The van der Waals surface area contributed by atoms with Crippen LogP contribution in [0.5, 0.6) is 0 Å². The summed E-state index contributed by atoms with van der Waals surface area (Å²) in [7, 11) is -4.78. The van der Waals surface area contributed by atoms with Gasteiger partial charge in [0.1, 0.15) is 11.9 Å². The highest BCUT2D eigenvalue weighted by Crippen LogP contribution is 2.68. The first-order chi connectivity index (χ1) is 21.5. The number of aliphatic hydroxyl groups excluding tert-OH is 1. The van der Waals surface area contributed by atoms with Crippen LogP contribution in [0.2, 0.25) is 0 Å². The normalized spacial score (nSPS) is 36.7. The molecular formula is C32H51O13P. The number of hydrogen-bond acceptors (Lipinski definition) is 10. The molecule has 4 saturated carbocycles. The smallest absolute Gasteiger partial charge is 0.481 e. The summed E-state index contributed by atoms with van der Waals surface area (Å²) in [5.41, 5.74) is 0.209. The van der Waals surface area contributed by atoms with Crippen LogP contribution in [-0.4, -0.2) is 75.8 Å². The van der Waals surface area contributed by atoms with E-state index in [1.165, 1.54) is 0 Å². The summed E-state index contributed by atoms with van der Waals surface area (Å²) in [6.45, 7) is 7.30. The Morgan fingerprint density at radius 2 is 1.59 bits per heavy atom. The van der Waals surface area contributed by atoms with Gasteiger partial charge in [0.05, 0.1) is 12.3 Å². The maximum absolute atomic E-state index is 12.4. The molecule has 4 aliphatic carbocycles. The van der Waals surface area contributed by atoms with E-state index in [0.717, 1.165) is 38.5 Å². The molecule has 0 aromatic carbocycles. The van der Waals surface area contributed by atoms with Gasteiger partial charge < -0.3 is 43.7 Å². The summed E-state index contributed by atoms with van der Waals surface area (Å²) in [4.78, 5) is 64.9. The molecule has 0 heterocycles. The number of esters is 1. The van der Waals surface area contributed by atoms with Crippen molar-refractivity contribution in [2.75, 3.05) is 19.7 Å². The molecule has 0 bridgehead atoms. The largest absolute Gasteiger partial charge is 0.510 e. The van der Waals surface area contributed by atoms with Crippen molar-refractivity contribution in [3.05, 3.63) is 0 Å². The number of rotatable bonds is 13. The fourth-order valence-corrected chi connectivity index (χ4v) is 10.7. The van der Waals surface area contributed by atoms with Crippen LogP contribution >= 0.6 is 7.60 Å². The molecule has 0 radical (unpaired) electrons. The monoisotopic (exact) mass is 674 g/mol. The van der Waals surface area contributed by atoms with Gasteiger partial charge in [0, 0.05) is 6.42 Å². The summed E-state index contributed by atoms with van der Waals surface area (Å²) < 4.78 is 31.0. The molecule has 5 unspecified atom stereocenters. The van der Waals surface area contributed by atoms with E-state index < -0.39 is 57.5 Å². The van der Waals surface area contributed by atoms with Crippen molar-refractivity contribution in [3.63, 3.8) is 0 Å². The maximum atomic E-state index is 12.4. The SMILES string of the molecule is CC(=O)CC[C@@H](C)C1CCC2C3C(CC[C@@]21C)[C@@]1(C)CC[C@@H](OC(=O)OCOCOC(=O)C(CP(=O)(O)O)C(=O)O)C[C@H]1C[C@@H]3O. The molecular weight excluding hydrogens is 623 g/mol. The molecule has 11 atom stereocenters. The number of ether oxygens (including phenoxy) is 4. The van der Waals surface area contributed by atoms with Crippen molar-refractivity contribution in [2.45, 2.75) is 104 Å². The number of carboxylic acids is 1. The number of carboxylic acid groups (broad SMARTS) is 1. The number of carbonyl (C=O) groups is 4. The Hall–Kier alpha value is -2.05.